The monoisotopic (exact) mass is 262 g/mol. The molecule has 0 spiro atoms. The summed E-state index contributed by atoms with van der Waals surface area (Å²) in [7, 11) is 0. The molecular formula is C15H15FO3. The highest BCUT2D eigenvalue weighted by molar-refractivity contribution is 5.75. The second-order valence-electron chi connectivity index (χ2n) is 4.20. The summed E-state index contributed by atoms with van der Waals surface area (Å²) in [5, 5.41) is 0. The van der Waals surface area contributed by atoms with Crippen molar-refractivity contribution >= 4 is 11.9 Å². The number of fused-ring (bicyclic) bond motifs is 1. The van der Waals surface area contributed by atoms with Gasteiger partial charge in [-0.2, -0.15) is 0 Å². The number of allylic oxidation sites excluding steroid dienone is 1. The third-order valence-electron chi connectivity index (χ3n) is 2.86. The van der Waals surface area contributed by atoms with Crippen molar-refractivity contribution < 1.29 is 18.7 Å². The van der Waals surface area contributed by atoms with E-state index in [2.05, 4.69) is 6.58 Å². The molecule has 1 aromatic carbocycles. The fourth-order valence-corrected chi connectivity index (χ4v) is 2.00. The van der Waals surface area contributed by atoms with Gasteiger partial charge in [0.2, 0.25) is 0 Å². The van der Waals surface area contributed by atoms with Gasteiger partial charge in [-0.3, -0.25) is 0 Å². The molecule has 4 heteroatoms. The zero-order valence-electron chi connectivity index (χ0n) is 10.5. The highest BCUT2D eigenvalue weighted by Gasteiger charge is 2.21. The van der Waals surface area contributed by atoms with Crippen molar-refractivity contribution in [3.63, 3.8) is 0 Å². The minimum Gasteiger partial charge on any atom is -0.430 e. The van der Waals surface area contributed by atoms with Gasteiger partial charge in [0.15, 0.2) is 5.76 Å². The van der Waals surface area contributed by atoms with Crippen molar-refractivity contribution in [2.24, 2.45) is 0 Å². The van der Waals surface area contributed by atoms with Gasteiger partial charge in [-0.1, -0.05) is 36.9 Å². The van der Waals surface area contributed by atoms with E-state index in [0.717, 1.165) is 12.0 Å². The Hall–Kier alpha value is -2.10. The van der Waals surface area contributed by atoms with Crippen molar-refractivity contribution in [1.29, 1.82) is 0 Å². The standard InChI is InChI=1S/C15H15FO3/c1-2-10-18-15(17)19-14-12-8-4-3-6-11(12)7-5-9-13(14)16/h2-4,6,8H,1,5,7,9-10H2. The first-order valence-corrected chi connectivity index (χ1v) is 6.15. The maximum atomic E-state index is 14.0. The Labute approximate surface area is 111 Å². The second-order valence-corrected chi connectivity index (χ2v) is 4.20. The van der Waals surface area contributed by atoms with Gasteiger partial charge >= 0.3 is 6.16 Å². The minimum atomic E-state index is -0.915. The molecule has 0 saturated heterocycles. The van der Waals surface area contributed by atoms with E-state index in [-0.39, 0.29) is 18.8 Å². The second kappa shape index (κ2) is 6.18. The maximum Gasteiger partial charge on any atom is 0.514 e. The van der Waals surface area contributed by atoms with Gasteiger partial charge in [-0.05, 0) is 18.4 Å². The van der Waals surface area contributed by atoms with Crippen LogP contribution in [0.2, 0.25) is 0 Å². The lowest BCUT2D eigenvalue weighted by Crippen LogP contribution is -2.08. The minimum absolute atomic E-state index is 0.0258. The molecule has 0 aromatic heterocycles. The largest absolute Gasteiger partial charge is 0.514 e. The fourth-order valence-electron chi connectivity index (χ4n) is 2.00. The van der Waals surface area contributed by atoms with Crippen LogP contribution in [-0.4, -0.2) is 12.8 Å². The van der Waals surface area contributed by atoms with Crippen molar-refractivity contribution in [3.8, 4) is 0 Å². The third kappa shape index (κ3) is 3.22. The molecule has 0 amide bonds. The predicted octanol–water partition coefficient (Wildman–Crippen LogP) is 4.00. The molecule has 1 aliphatic carbocycles. The van der Waals surface area contributed by atoms with E-state index in [1.807, 2.05) is 12.1 Å². The molecular weight excluding hydrogens is 247 g/mol. The van der Waals surface area contributed by atoms with Crippen molar-refractivity contribution in [3.05, 3.63) is 53.9 Å². The van der Waals surface area contributed by atoms with Gasteiger partial charge in [0.05, 0.1) is 0 Å². The number of halogens is 1. The van der Waals surface area contributed by atoms with Crippen molar-refractivity contribution in [1.82, 2.24) is 0 Å². The van der Waals surface area contributed by atoms with E-state index in [1.165, 1.54) is 6.08 Å². The molecule has 0 unspecified atom stereocenters. The van der Waals surface area contributed by atoms with Crippen LogP contribution in [0.15, 0.2) is 42.7 Å². The van der Waals surface area contributed by atoms with E-state index in [9.17, 15) is 9.18 Å². The summed E-state index contributed by atoms with van der Waals surface area (Å²) >= 11 is 0. The van der Waals surface area contributed by atoms with E-state index in [1.54, 1.807) is 12.1 Å². The van der Waals surface area contributed by atoms with Crippen LogP contribution >= 0.6 is 0 Å². The Morgan fingerprint density at radius 1 is 1.37 bits per heavy atom. The Morgan fingerprint density at radius 3 is 2.95 bits per heavy atom. The number of benzene rings is 1. The van der Waals surface area contributed by atoms with Gasteiger partial charge in [0.25, 0.3) is 0 Å². The molecule has 1 aliphatic rings. The zero-order chi connectivity index (χ0) is 13.7. The first kappa shape index (κ1) is 13.3. The van der Waals surface area contributed by atoms with Crippen LogP contribution in [0.25, 0.3) is 5.76 Å². The lowest BCUT2D eigenvalue weighted by molar-refractivity contribution is 0.0993. The maximum absolute atomic E-state index is 14.0. The Bertz CT molecular complexity index is 520. The van der Waals surface area contributed by atoms with Crippen LogP contribution in [0.4, 0.5) is 9.18 Å². The number of rotatable bonds is 3. The van der Waals surface area contributed by atoms with Gasteiger partial charge in [0, 0.05) is 12.0 Å². The SMILES string of the molecule is C=CCOC(=O)OC1=C(F)CCCc2ccccc21. The Kier molecular flexibility index (Phi) is 4.34. The number of hydrogen-bond acceptors (Lipinski definition) is 3. The first-order valence-electron chi connectivity index (χ1n) is 6.15. The summed E-state index contributed by atoms with van der Waals surface area (Å²) in [4.78, 5) is 11.4. The average Bonchev–Trinajstić information content (AvgIpc) is 2.57. The van der Waals surface area contributed by atoms with Crippen molar-refractivity contribution in [2.45, 2.75) is 19.3 Å². The molecule has 0 aliphatic heterocycles. The molecule has 0 radical (unpaired) electrons. The molecule has 0 saturated carbocycles. The summed E-state index contributed by atoms with van der Waals surface area (Å²) in [6.45, 7) is 3.46. The number of ether oxygens (including phenoxy) is 2. The molecule has 3 nitrogen and oxygen atoms in total. The Balaban J connectivity index is 2.26. The molecule has 1 aromatic rings. The van der Waals surface area contributed by atoms with Crippen LogP contribution in [-0.2, 0) is 15.9 Å². The highest BCUT2D eigenvalue weighted by Crippen LogP contribution is 2.31. The van der Waals surface area contributed by atoms with Gasteiger partial charge in [-0.25, -0.2) is 9.18 Å². The lowest BCUT2D eigenvalue weighted by atomic mass is 10.0. The molecule has 0 bridgehead atoms. The first-order chi connectivity index (χ1) is 9.22. The van der Waals surface area contributed by atoms with E-state index >= 15 is 0 Å². The molecule has 0 heterocycles. The molecule has 0 fully saturated rings. The zero-order valence-corrected chi connectivity index (χ0v) is 10.5. The third-order valence-corrected chi connectivity index (χ3v) is 2.86. The van der Waals surface area contributed by atoms with E-state index in [4.69, 9.17) is 9.47 Å². The highest BCUT2D eigenvalue weighted by atomic mass is 19.1. The summed E-state index contributed by atoms with van der Waals surface area (Å²) in [6.07, 6.45) is 2.23. The number of aryl methyl sites for hydroxylation is 1. The molecule has 100 valence electrons. The number of carbonyl (C=O) groups excluding carboxylic acids is 1. The van der Waals surface area contributed by atoms with Crippen LogP contribution in [0.1, 0.15) is 24.0 Å². The molecule has 0 N–H and O–H groups in total. The number of hydrogen-bond donors (Lipinski definition) is 0. The molecule has 19 heavy (non-hydrogen) atoms. The van der Waals surface area contributed by atoms with Crippen LogP contribution in [0.5, 0.6) is 0 Å². The lowest BCUT2D eigenvalue weighted by Gasteiger charge is -2.11. The van der Waals surface area contributed by atoms with Gasteiger partial charge < -0.3 is 9.47 Å². The summed E-state index contributed by atoms with van der Waals surface area (Å²) in [5.41, 5.74) is 1.59. The van der Waals surface area contributed by atoms with Crippen molar-refractivity contribution in [2.75, 3.05) is 6.61 Å². The quantitative estimate of drug-likeness (QED) is 0.610. The summed E-state index contributed by atoms with van der Waals surface area (Å²) < 4.78 is 23.7. The summed E-state index contributed by atoms with van der Waals surface area (Å²) in [5.74, 6) is -0.442. The molecule has 2 rings (SSSR count). The molecule has 0 atom stereocenters. The van der Waals surface area contributed by atoms with Crippen LogP contribution < -0.4 is 0 Å². The smallest absolute Gasteiger partial charge is 0.430 e. The van der Waals surface area contributed by atoms with E-state index < -0.39 is 12.0 Å². The Morgan fingerprint density at radius 2 is 2.16 bits per heavy atom. The average molecular weight is 262 g/mol. The van der Waals surface area contributed by atoms with E-state index in [0.29, 0.717) is 12.0 Å². The van der Waals surface area contributed by atoms with Gasteiger partial charge in [0.1, 0.15) is 12.4 Å². The fraction of sp³-hybridized carbons (Fsp3) is 0.267. The van der Waals surface area contributed by atoms with Crippen LogP contribution in [0.3, 0.4) is 0 Å². The summed E-state index contributed by atoms with van der Waals surface area (Å²) in [6, 6.07) is 7.33. The van der Waals surface area contributed by atoms with Gasteiger partial charge in [-0.15, -0.1) is 0 Å². The predicted molar refractivity (Wildman–Crippen MR) is 70.0 cm³/mol. The normalized spacial score (nSPS) is 14.4. The van der Waals surface area contributed by atoms with Crippen LogP contribution in [0, 0.1) is 0 Å². The number of carbonyl (C=O) groups is 1. The topological polar surface area (TPSA) is 35.5 Å².